The van der Waals surface area contributed by atoms with Gasteiger partial charge in [-0.3, -0.25) is 4.99 Å². The van der Waals surface area contributed by atoms with Gasteiger partial charge in [-0.25, -0.2) is 5.42 Å². The second kappa shape index (κ2) is 1.26. The first kappa shape index (κ1) is 1.50. The van der Waals surface area contributed by atoms with Gasteiger partial charge in [-0.15, -0.1) is 0 Å². The van der Waals surface area contributed by atoms with Crippen molar-refractivity contribution in [3.05, 3.63) is 0 Å². The van der Waals surface area contributed by atoms with Gasteiger partial charge in [-0.05, 0) is 6.92 Å². The highest BCUT2D eigenvalue weighted by molar-refractivity contribution is 5.79. The highest BCUT2D eigenvalue weighted by Gasteiger charge is 1.91. The second-order valence-electron chi connectivity index (χ2n) is 1.01. The van der Waals surface area contributed by atoms with Gasteiger partial charge in [0.05, 0.1) is 1.37 Å². The van der Waals surface area contributed by atoms with Crippen molar-refractivity contribution in [2.45, 2.75) is 6.92 Å². The molecule has 0 radical (unpaired) electrons. The Morgan fingerprint density at radius 3 is 3.33 bits per heavy atom. The van der Waals surface area contributed by atoms with Crippen LogP contribution in [0.5, 0.6) is 0 Å². The average molecular weight is 88.1 g/mol. The maximum Gasteiger partial charge on any atom is 0.183 e. The van der Waals surface area contributed by atoms with Crippen LogP contribution in [0.15, 0.2) is 4.99 Å². The van der Waals surface area contributed by atoms with E-state index in [0.717, 1.165) is 5.42 Å². The summed E-state index contributed by atoms with van der Waals surface area (Å²) in [6.45, 7) is 0.630. The SMILES string of the molecule is [2H]C1N=C(C)N([2H])N1[2H]. The van der Waals surface area contributed by atoms with Crippen LogP contribution in [-0.4, -0.2) is 12.5 Å². The Morgan fingerprint density at radius 2 is 3.17 bits per heavy atom. The molecule has 0 bridgehead atoms. The molecule has 1 aliphatic heterocycles. The molecule has 0 spiro atoms. The van der Waals surface area contributed by atoms with E-state index in [-0.39, 0.29) is 0 Å². The summed E-state index contributed by atoms with van der Waals surface area (Å²) in [5.41, 5.74) is 1.45. The van der Waals surface area contributed by atoms with Crippen LogP contribution < -0.4 is 10.8 Å². The smallest absolute Gasteiger partial charge is 0.183 e. The number of nitrogens with zero attached hydrogens (tertiary/aromatic N) is 1. The Morgan fingerprint density at radius 1 is 2.33 bits per heavy atom. The number of nitrogens with one attached hydrogen (secondary N) is 2. The molecule has 3 heteroatoms. The van der Waals surface area contributed by atoms with E-state index in [1.54, 1.807) is 6.92 Å². The third-order valence-corrected chi connectivity index (χ3v) is 0.499. The van der Waals surface area contributed by atoms with E-state index in [9.17, 15) is 0 Å². The van der Waals surface area contributed by atoms with Gasteiger partial charge in [0, 0.05) is 0 Å². The molecule has 6 heavy (non-hydrogen) atoms. The highest BCUT2D eigenvalue weighted by Crippen LogP contribution is 1.73. The van der Waals surface area contributed by atoms with Crippen LogP contribution in [0.3, 0.4) is 0 Å². The van der Waals surface area contributed by atoms with Gasteiger partial charge in [-0.1, -0.05) is 0 Å². The Hall–Kier alpha value is -0.570. The molecule has 1 heterocycles. The maximum absolute atomic E-state index is 7.00. The predicted molar refractivity (Wildman–Crippen MR) is 24.2 cm³/mol. The lowest BCUT2D eigenvalue weighted by Gasteiger charge is -1.87. The maximum atomic E-state index is 7.00. The van der Waals surface area contributed by atoms with Crippen molar-refractivity contribution in [1.29, 1.82) is 0 Å². The van der Waals surface area contributed by atoms with Crippen molar-refractivity contribution in [2.75, 3.05) is 6.64 Å². The van der Waals surface area contributed by atoms with Crippen LogP contribution in [0, 0.1) is 0 Å². The molecular weight excluding hydrogens is 78.1 g/mol. The largest absolute Gasteiger partial charge is 0.308 e. The van der Waals surface area contributed by atoms with Crippen LogP contribution in [0.2, 0.25) is 2.82 Å². The summed E-state index contributed by atoms with van der Waals surface area (Å²) in [5, 5.41) is 0. The molecule has 0 saturated carbocycles. The van der Waals surface area contributed by atoms with Crippen LogP contribution in [-0.2, 0) is 0 Å². The number of aliphatic imine (C=N–C) groups is 1. The number of hydrogen-bond donors (Lipinski definition) is 2. The molecule has 0 aliphatic carbocycles. The summed E-state index contributed by atoms with van der Waals surface area (Å²) in [7, 11) is 0. The minimum Gasteiger partial charge on any atom is -0.308 e. The summed E-state index contributed by atoms with van der Waals surface area (Å²) in [6.07, 6.45) is 0. The van der Waals surface area contributed by atoms with Crippen LogP contribution in [0.1, 0.15) is 8.29 Å². The Kier molecular flexibility index (Phi) is 0.315. The van der Waals surface area contributed by atoms with Gasteiger partial charge in [0.25, 0.3) is 0 Å². The standard InChI is InChI=1S/C3H7N3/c1-3-4-2-5-6-3/h5H,2H2,1H3,(H,4,6)/i2D/hD2. The first-order valence-electron chi connectivity index (χ1n) is 3.14. The van der Waals surface area contributed by atoms with Crippen LogP contribution in [0.25, 0.3) is 0 Å². The third kappa shape index (κ3) is 0.490. The van der Waals surface area contributed by atoms with Crippen LogP contribution >= 0.6 is 0 Å². The summed E-state index contributed by atoms with van der Waals surface area (Å²) in [6, 6.07) is 0. The summed E-state index contributed by atoms with van der Waals surface area (Å²) >= 11 is 0. The molecule has 0 aromatic heterocycles. The lowest BCUT2D eigenvalue weighted by molar-refractivity contribution is 0.726. The van der Waals surface area contributed by atoms with E-state index in [2.05, 4.69) is 4.99 Å². The van der Waals surface area contributed by atoms with Crippen molar-refractivity contribution in [2.24, 2.45) is 4.99 Å². The molecule has 1 atom stereocenters. The molecule has 3 nitrogen and oxygen atoms in total. The summed E-state index contributed by atoms with van der Waals surface area (Å²) in [4.78, 5) is 3.61. The van der Waals surface area contributed by atoms with Gasteiger partial charge in [-0.2, -0.15) is 0 Å². The minimum atomic E-state index is -0.956. The van der Waals surface area contributed by atoms with Gasteiger partial charge in [0.2, 0.25) is 0 Å². The van der Waals surface area contributed by atoms with Gasteiger partial charge in [0.15, 0.2) is 1.41 Å². The zero-order valence-electron chi connectivity index (χ0n) is 6.42. The molecule has 1 unspecified atom stereocenters. The summed E-state index contributed by atoms with van der Waals surface area (Å²) in [5.74, 6) is 0.380. The molecule has 2 N–H and O–H groups in total. The van der Waals surface area contributed by atoms with Gasteiger partial charge >= 0.3 is 0 Å². The van der Waals surface area contributed by atoms with E-state index in [4.69, 9.17) is 4.19 Å². The van der Waals surface area contributed by atoms with Crippen molar-refractivity contribution < 1.29 is 4.19 Å². The van der Waals surface area contributed by atoms with E-state index < -0.39 is 6.64 Å². The zero-order valence-corrected chi connectivity index (χ0v) is 3.42. The zero-order chi connectivity index (χ0) is 7.02. The van der Waals surface area contributed by atoms with Gasteiger partial charge in [0.1, 0.15) is 13.9 Å². The van der Waals surface area contributed by atoms with E-state index in [1.165, 1.54) is 0 Å². The number of hydrazine groups is 1. The molecule has 0 saturated heterocycles. The molecule has 1 rings (SSSR count). The molecule has 0 aromatic carbocycles. The van der Waals surface area contributed by atoms with Crippen molar-refractivity contribution in [1.82, 2.24) is 10.8 Å². The Labute approximate surface area is 40.8 Å². The monoisotopic (exact) mass is 88.1 g/mol. The lowest BCUT2D eigenvalue weighted by atomic mass is 10.7. The first-order chi connectivity index (χ1) is 4.13. The molecule has 0 fully saturated rings. The highest BCUT2D eigenvalue weighted by atomic mass is 15.4. The fourth-order valence-electron chi connectivity index (χ4n) is 0.245. The fourth-order valence-corrected chi connectivity index (χ4v) is 0.245. The topological polar surface area (TPSA) is 36.4 Å². The molecule has 0 amide bonds. The molecule has 1 aliphatic rings. The number of rotatable bonds is 0. The van der Waals surface area contributed by atoms with E-state index in [0.29, 0.717) is 11.3 Å². The van der Waals surface area contributed by atoms with E-state index in [1.807, 2.05) is 0 Å². The minimum absolute atomic E-state index is 0.380. The Balaban J connectivity index is 2.70. The second-order valence-corrected chi connectivity index (χ2v) is 1.01. The lowest BCUT2D eigenvalue weighted by Crippen LogP contribution is -2.27. The predicted octanol–water partition coefficient (Wildman–Crippen LogP) is -0.530. The number of amidine groups is 1. The van der Waals surface area contributed by atoms with Crippen LogP contribution in [0.4, 0.5) is 0 Å². The Bertz CT molecular complexity index is 147. The average Bonchev–Trinajstić information content (AvgIpc) is 1.98. The third-order valence-electron chi connectivity index (χ3n) is 0.499. The molecule has 34 valence electrons. The quantitative estimate of drug-likeness (QED) is 0.417. The van der Waals surface area contributed by atoms with Crippen molar-refractivity contribution in [3.63, 3.8) is 0 Å². The first-order valence-corrected chi connectivity index (χ1v) is 1.66. The fraction of sp³-hybridized carbons (Fsp3) is 0.667. The molecule has 0 aromatic rings. The molecular formula is C3H7N3. The summed E-state index contributed by atoms with van der Waals surface area (Å²) < 4.78 is 20.9. The van der Waals surface area contributed by atoms with E-state index >= 15 is 0 Å². The van der Waals surface area contributed by atoms with Gasteiger partial charge < -0.3 is 5.42 Å². The normalized spacial score (nSPS) is 44.2. The number of hydrogen-bond acceptors (Lipinski definition) is 3. The van der Waals surface area contributed by atoms with Crippen molar-refractivity contribution >= 4 is 5.84 Å². The van der Waals surface area contributed by atoms with Crippen molar-refractivity contribution in [3.8, 4) is 0 Å².